The van der Waals surface area contributed by atoms with Crippen molar-refractivity contribution in [1.29, 1.82) is 0 Å². The van der Waals surface area contributed by atoms with Gasteiger partial charge in [-0.25, -0.2) is 9.37 Å². The topological polar surface area (TPSA) is 112 Å². The molecule has 0 radical (unpaired) electrons. The lowest BCUT2D eigenvalue weighted by Gasteiger charge is -2.18. The summed E-state index contributed by atoms with van der Waals surface area (Å²) >= 11 is 13.8. The fourth-order valence-corrected chi connectivity index (χ4v) is 5.90. The molecule has 4 aromatic rings. The summed E-state index contributed by atoms with van der Waals surface area (Å²) in [6.45, 7) is 1.97. The highest BCUT2D eigenvalue weighted by Crippen LogP contribution is 2.41. The molecule has 236 valence electrons. The van der Waals surface area contributed by atoms with E-state index in [4.69, 9.17) is 27.9 Å². The number of methoxy groups -OCH3 is 1. The van der Waals surface area contributed by atoms with Gasteiger partial charge in [0, 0.05) is 78.9 Å². The fourth-order valence-electron chi connectivity index (χ4n) is 5.30. The van der Waals surface area contributed by atoms with E-state index in [0.29, 0.717) is 76.5 Å². The maximum atomic E-state index is 15.3. The largest absolute Gasteiger partial charge is 0.496 e. The molecule has 1 aliphatic heterocycles. The molecule has 2 aromatic heterocycles. The summed E-state index contributed by atoms with van der Waals surface area (Å²) in [5.74, 6) is 0.322. The first-order chi connectivity index (χ1) is 21.8. The first-order valence-corrected chi connectivity index (χ1v) is 15.3. The molecule has 5 rings (SSSR count). The lowest BCUT2D eigenvalue weighted by molar-refractivity contribution is -0.119. The van der Waals surface area contributed by atoms with Crippen molar-refractivity contribution in [1.82, 2.24) is 25.5 Å². The molecule has 0 bridgehead atoms. The molecular weight excluding hydrogens is 618 g/mol. The van der Waals surface area contributed by atoms with Crippen molar-refractivity contribution in [3.63, 3.8) is 0 Å². The van der Waals surface area contributed by atoms with Crippen LogP contribution in [0.4, 0.5) is 15.9 Å². The Morgan fingerprint density at radius 2 is 1.89 bits per heavy atom. The molecule has 1 amide bonds. The molecule has 1 atom stereocenters. The van der Waals surface area contributed by atoms with Crippen LogP contribution >= 0.6 is 23.2 Å². The van der Waals surface area contributed by atoms with Gasteiger partial charge in [0.1, 0.15) is 5.75 Å². The summed E-state index contributed by atoms with van der Waals surface area (Å²) in [5.41, 5.74) is 4.49. The second kappa shape index (κ2) is 15.0. The lowest BCUT2D eigenvalue weighted by atomic mass is 10.0. The SMILES string of the molecule is COc1cc(-c2nccc(-c3cccc(Nc4nccc(CN(C)CCO)c4F)c3Cl)c2Cl)ccc1CNCC1CCC(=O)N1. The highest BCUT2D eigenvalue weighted by atomic mass is 35.5. The summed E-state index contributed by atoms with van der Waals surface area (Å²) in [5, 5.41) is 19.3. The van der Waals surface area contributed by atoms with Crippen LogP contribution in [0.1, 0.15) is 24.0 Å². The minimum Gasteiger partial charge on any atom is -0.496 e. The van der Waals surface area contributed by atoms with Crippen LogP contribution in [0.15, 0.2) is 60.9 Å². The van der Waals surface area contributed by atoms with Gasteiger partial charge in [0.05, 0.1) is 35.1 Å². The van der Waals surface area contributed by atoms with Gasteiger partial charge in [0.15, 0.2) is 11.6 Å². The molecule has 2 aromatic carbocycles. The van der Waals surface area contributed by atoms with E-state index >= 15 is 4.39 Å². The molecule has 45 heavy (non-hydrogen) atoms. The van der Waals surface area contributed by atoms with Gasteiger partial charge >= 0.3 is 0 Å². The number of aromatic nitrogens is 2. The van der Waals surface area contributed by atoms with Gasteiger partial charge in [-0.15, -0.1) is 0 Å². The molecule has 1 aliphatic rings. The van der Waals surface area contributed by atoms with Crippen LogP contribution in [0, 0.1) is 5.82 Å². The third kappa shape index (κ3) is 7.71. The Morgan fingerprint density at radius 3 is 2.64 bits per heavy atom. The molecule has 1 unspecified atom stereocenters. The Bertz CT molecular complexity index is 1670. The zero-order valence-electron chi connectivity index (χ0n) is 25.0. The molecule has 4 N–H and O–H groups in total. The van der Waals surface area contributed by atoms with Crippen molar-refractivity contribution >= 4 is 40.6 Å². The molecule has 3 heterocycles. The highest BCUT2D eigenvalue weighted by Gasteiger charge is 2.21. The normalized spacial score (nSPS) is 14.6. The van der Waals surface area contributed by atoms with Crippen LogP contribution in [0.5, 0.6) is 5.75 Å². The van der Waals surface area contributed by atoms with Crippen LogP contribution in [-0.4, -0.2) is 65.8 Å². The van der Waals surface area contributed by atoms with E-state index < -0.39 is 5.82 Å². The Hall–Kier alpha value is -3.80. The second-order valence-electron chi connectivity index (χ2n) is 10.9. The summed E-state index contributed by atoms with van der Waals surface area (Å²) in [7, 11) is 3.42. The van der Waals surface area contributed by atoms with Gasteiger partial charge in [-0.2, -0.15) is 0 Å². The van der Waals surface area contributed by atoms with E-state index in [1.54, 1.807) is 44.6 Å². The first kappa shape index (κ1) is 32.6. The van der Waals surface area contributed by atoms with Gasteiger partial charge < -0.3 is 25.8 Å². The Balaban J connectivity index is 1.37. The number of pyridine rings is 2. The number of halogens is 3. The third-order valence-electron chi connectivity index (χ3n) is 7.67. The number of carbonyl (C=O) groups is 1. The molecule has 1 fully saturated rings. The number of hydrogen-bond acceptors (Lipinski definition) is 8. The van der Waals surface area contributed by atoms with E-state index in [1.807, 2.05) is 29.2 Å². The summed E-state index contributed by atoms with van der Waals surface area (Å²) in [6.07, 6.45) is 4.59. The van der Waals surface area contributed by atoms with Crippen LogP contribution in [-0.2, 0) is 17.9 Å². The molecule has 1 saturated heterocycles. The molecule has 9 nitrogen and oxygen atoms in total. The van der Waals surface area contributed by atoms with Crippen molar-refractivity contribution in [2.45, 2.75) is 32.0 Å². The minimum absolute atomic E-state index is 0.0183. The number of likely N-dealkylation sites (N-methyl/N-ethyl adjacent to an activating group) is 1. The van der Waals surface area contributed by atoms with Crippen molar-refractivity contribution in [3.8, 4) is 28.1 Å². The van der Waals surface area contributed by atoms with Crippen LogP contribution in [0.3, 0.4) is 0 Å². The van der Waals surface area contributed by atoms with E-state index in [1.165, 1.54) is 6.20 Å². The maximum absolute atomic E-state index is 15.3. The quantitative estimate of drug-likeness (QED) is 0.143. The number of amides is 1. The molecule has 0 aliphatic carbocycles. The summed E-state index contributed by atoms with van der Waals surface area (Å²) in [6, 6.07) is 14.7. The van der Waals surface area contributed by atoms with Gasteiger partial charge in [-0.3, -0.25) is 14.7 Å². The van der Waals surface area contributed by atoms with Gasteiger partial charge in [0.25, 0.3) is 0 Å². The fraction of sp³-hybridized carbons (Fsp3) is 0.303. The van der Waals surface area contributed by atoms with Gasteiger partial charge in [-0.1, -0.05) is 47.5 Å². The number of anilines is 2. The van der Waals surface area contributed by atoms with E-state index in [9.17, 15) is 9.90 Å². The zero-order valence-corrected chi connectivity index (χ0v) is 26.6. The second-order valence-corrected chi connectivity index (χ2v) is 11.6. The maximum Gasteiger partial charge on any atom is 0.220 e. The number of nitrogens with one attached hydrogen (secondary N) is 3. The van der Waals surface area contributed by atoms with E-state index in [-0.39, 0.29) is 24.4 Å². The molecule has 12 heteroatoms. The van der Waals surface area contributed by atoms with Crippen molar-refractivity contribution in [2.24, 2.45) is 0 Å². The number of rotatable bonds is 13. The highest BCUT2D eigenvalue weighted by molar-refractivity contribution is 6.39. The van der Waals surface area contributed by atoms with Gasteiger partial charge in [0.2, 0.25) is 5.91 Å². The Kier molecular flexibility index (Phi) is 10.9. The number of benzene rings is 2. The van der Waals surface area contributed by atoms with Crippen LogP contribution < -0.4 is 20.7 Å². The van der Waals surface area contributed by atoms with E-state index in [0.717, 1.165) is 17.5 Å². The smallest absolute Gasteiger partial charge is 0.220 e. The van der Waals surface area contributed by atoms with Crippen LogP contribution in [0.2, 0.25) is 10.0 Å². The predicted octanol–water partition coefficient (Wildman–Crippen LogP) is 5.80. The molecule has 0 spiro atoms. The zero-order chi connectivity index (χ0) is 31.9. The average molecular weight is 654 g/mol. The number of aliphatic hydroxyl groups excluding tert-OH is 1. The van der Waals surface area contributed by atoms with E-state index in [2.05, 4.69) is 25.9 Å². The molecule has 0 saturated carbocycles. The minimum atomic E-state index is -0.495. The molecular formula is C33H35Cl2FN6O3. The monoisotopic (exact) mass is 652 g/mol. The first-order valence-electron chi connectivity index (χ1n) is 14.6. The number of nitrogens with zero attached hydrogens (tertiary/aromatic N) is 3. The third-order valence-corrected chi connectivity index (χ3v) is 8.46. The van der Waals surface area contributed by atoms with Crippen molar-refractivity contribution in [3.05, 3.63) is 87.9 Å². The summed E-state index contributed by atoms with van der Waals surface area (Å²) in [4.78, 5) is 22.0. The Labute approximate surface area is 271 Å². The number of aliphatic hydroxyl groups is 1. The van der Waals surface area contributed by atoms with Gasteiger partial charge in [-0.05, 0) is 37.7 Å². The van der Waals surface area contributed by atoms with Crippen molar-refractivity contribution in [2.75, 3.05) is 39.2 Å². The summed E-state index contributed by atoms with van der Waals surface area (Å²) < 4.78 is 21.0. The lowest BCUT2D eigenvalue weighted by Crippen LogP contribution is -2.35. The standard InChI is InChI=1S/C33H35Cl2FN6O3/c1-42(14-15-43)19-22-10-12-39-33(31(22)36)41-26-5-3-4-24(29(26)34)25-11-13-38-32(30(25)35)20-6-7-21(27(16-20)45-2)17-37-18-23-8-9-28(44)40-23/h3-7,10-13,16,23,37,43H,8-9,14-15,17-19H2,1-2H3,(H,39,41)(H,40,44). The Morgan fingerprint density at radius 1 is 1.09 bits per heavy atom. The number of hydrogen-bond donors (Lipinski definition) is 4. The number of carbonyl (C=O) groups excluding carboxylic acids is 1. The van der Waals surface area contributed by atoms with Crippen LogP contribution in [0.25, 0.3) is 22.4 Å². The average Bonchev–Trinajstić information content (AvgIpc) is 3.45. The van der Waals surface area contributed by atoms with Crippen molar-refractivity contribution < 1.29 is 19.0 Å². The predicted molar refractivity (Wildman–Crippen MR) is 175 cm³/mol. The number of ether oxygens (including phenoxy) is 1.